The van der Waals surface area contributed by atoms with E-state index in [0.717, 1.165) is 14.0 Å². The van der Waals surface area contributed by atoms with Crippen molar-refractivity contribution in [1.82, 2.24) is 14.0 Å². The van der Waals surface area contributed by atoms with Gasteiger partial charge in [-0.15, -0.1) is 10.2 Å². The maximum Gasteiger partial charge on any atom is 0.330 e. The van der Waals surface area contributed by atoms with E-state index in [4.69, 9.17) is 0 Å². The highest BCUT2D eigenvalue weighted by atomic mass is 16.3. The van der Waals surface area contributed by atoms with Crippen molar-refractivity contribution in [2.24, 2.45) is 28.0 Å². The first-order valence-corrected chi connectivity index (χ1v) is 11.4. The van der Waals surface area contributed by atoms with E-state index in [1.54, 1.807) is 6.07 Å². The minimum atomic E-state index is -0.830. The molecule has 0 saturated heterocycles. The van der Waals surface area contributed by atoms with Crippen LogP contribution in [-0.4, -0.2) is 32.4 Å². The lowest BCUT2D eigenvalue weighted by atomic mass is 10.1. The first kappa shape index (κ1) is 25.1. The number of carbonyl (C=O) groups is 2. The van der Waals surface area contributed by atoms with Gasteiger partial charge in [0.1, 0.15) is 0 Å². The van der Waals surface area contributed by atoms with Crippen LogP contribution in [0.3, 0.4) is 0 Å². The molecule has 1 aromatic carbocycles. The van der Waals surface area contributed by atoms with Gasteiger partial charge in [-0.05, 0) is 29.9 Å². The number of benzene rings is 1. The fraction of sp³-hybridized carbons (Fsp3) is 0.500. The van der Waals surface area contributed by atoms with Gasteiger partial charge in [0.25, 0.3) is 17.4 Å². The number of amides is 2. The van der Waals surface area contributed by atoms with Crippen molar-refractivity contribution < 1.29 is 14.7 Å². The van der Waals surface area contributed by atoms with Gasteiger partial charge in [-0.3, -0.25) is 23.9 Å². The van der Waals surface area contributed by atoms with Gasteiger partial charge in [0.15, 0.2) is 5.69 Å². The Balaban J connectivity index is 2.14. The van der Waals surface area contributed by atoms with Crippen molar-refractivity contribution >= 4 is 23.2 Å². The smallest absolute Gasteiger partial charge is 0.330 e. The third-order valence-electron chi connectivity index (χ3n) is 5.24. The lowest BCUT2D eigenvalue weighted by molar-refractivity contribution is -0.279. The van der Waals surface area contributed by atoms with Crippen molar-refractivity contribution in [3.8, 4) is 5.88 Å². The number of aromatic nitrogens is 2. The number of hydrogen-bond donors (Lipinski definition) is 0. The van der Waals surface area contributed by atoms with Crippen LogP contribution in [0.2, 0.25) is 0 Å². The van der Waals surface area contributed by atoms with Crippen LogP contribution >= 0.6 is 0 Å². The van der Waals surface area contributed by atoms with Gasteiger partial charge in [0, 0.05) is 25.5 Å². The second-order valence-electron chi connectivity index (χ2n) is 9.76. The van der Waals surface area contributed by atoms with Gasteiger partial charge in [0.2, 0.25) is 0 Å². The highest BCUT2D eigenvalue weighted by Gasteiger charge is 2.37. The number of azo groups is 1. The zero-order valence-corrected chi connectivity index (χ0v) is 20.4. The van der Waals surface area contributed by atoms with E-state index in [0.29, 0.717) is 0 Å². The Bertz CT molecular complexity index is 1270. The minimum Gasteiger partial charge on any atom is -0.858 e. The topological polar surface area (TPSA) is 129 Å². The summed E-state index contributed by atoms with van der Waals surface area (Å²) in [4.78, 5) is 52.6. The summed E-state index contributed by atoms with van der Waals surface area (Å²) in [6.45, 7) is 11.7. The lowest BCUT2D eigenvalue weighted by Gasteiger charge is -2.22. The van der Waals surface area contributed by atoms with E-state index in [1.165, 1.54) is 12.1 Å². The van der Waals surface area contributed by atoms with Crippen LogP contribution < -0.4 is 16.4 Å². The van der Waals surface area contributed by atoms with Gasteiger partial charge < -0.3 is 9.67 Å². The van der Waals surface area contributed by atoms with Gasteiger partial charge in [-0.2, -0.15) is 0 Å². The molecule has 2 amide bonds. The zero-order chi connectivity index (χ0) is 25.3. The van der Waals surface area contributed by atoms with E-state index in [2.05, 4.69) is 10.2 Å². The average molecular weight is 469 g/mol. The molecule has 10 nitrogen and oxygen atoms in total. The number of rotatable bonds is 8. The van der Waals surface area contributed by atoms with Crippen molar-refractivity contribution in [3.05, 3.63) is 50.2 Å². The normalized spacial score (nSPS) is 13.9. The summed E-state index contributed by atoms with van der Waals surface area (Å²) in [5.41, 5.74) is -1.65. The van der Waals surface area contributed by atoms with E-state index < -0.39 is 34.6 Å². The van der Waals surface area contributed by atoms with Crippen molar-refractivity contribution in [2.75, 3.05) is 6.54 Å². The minimum absolute atomic E-state index is 0.0202. The standard InChI is InChI=1S/C24H31N5O5/c1-13(2)10-27-20(30)16-8-7-9-17(18(16)21(27)31)25-26-19-22(32)28(11-14(3)4)24(34)29(23(19)33)12-15(5)6/h7-9,13-15,32H,10-12H2,1-6H3/p-1. The molecule has 0 atom stereocenters. The highest BCUT2D eigenvalue weighted by molar-refractivity contribution is 6.23. The van der Waals surface area contributed by atoms with Gasteiger partial charge >= 0.3 is 5.69 Å². The first-order valence-electron chi connectivity index (χ1n) is 11.4. The first-order chi connectivity index (χ1) is 15.9. The molecule has 34 heavy (non-hydrogen) atoms. The Labute approximate surface area is 197 Å². The number of nitrogens with zero attached hydrogens (tertiary/aromatic N) is 5. The molecule has 1 aliphatic heterocycles. The van der Waals surface area contributed by atoms with Gasteiger partial charge in [-0.1, -0.05) is 47.6 Å². The largest absolute Gasteiger partial charge is 0.858 e. The average Bonchev–Trinajstić information content (AvgIpc) is 2.99. The van der Waals surface area contributed by atoms with Crippen LogP contribution in [-0.2, 0) is 13.1 Å². The molecule has 0 bridgehead atoms. The number of carbonyl (C=O) groups excluding carboxylic acids is 2. The Morgan fingerprint density at radius 2 is 1.38 bits per heavy atom. The van der Waals surface area contributed by atoms with E-state index in [1.807, 2.05) is 41.5 Å². The molecule has 1 aliphatic rings. The van der Waals surface area contributed by atoms with Crippen LogP contribution in [0.1, 0.15) is 62.3 Å². The molecule has 0 spiro atoms. The van der Waals surface area contributed by atoms with E-state index >= 15 is 0 Å². The maximum atomic E-state index is 13.0. The highest BCUT2D eigenvalue weighted by Crippen LogP contribution is 2.33. The molecule has 10 heteroatoms. The quantitative estimate of drug-likeness (QED) is 0.434. The summed E-state index contributed by atoms with van der Waals surface area (Å²) in [6, 6.07) is 4.59. The van der Waals surface area contributed by atoms with Crippen LogP contribution in [0.5, 0.6) is 5.88 Å². The van der Waals surface area contributed by atoms with Crippen LogP contribution in [0, 0.1) is 17.8 Å². The predicted octanol–water partition coefficient (Wildman–Crippen LogP) is 3.06. The maximum absolute atomic E-state index is 13.0. The lowest BCUT2D eigenvalue weighted by Crippen LogP contribution is -2.42. The fourth-order valence-electron chi connectivity index (χ4n) is 3.84. The van der Waals surface area contributed by atoms with Gasteiger partial charge in [0.05, 0.1) is 16.8 Å². The second kappa shape index (κ2) is 9.74. The van der Waals surface area contributed by atoms with Crippen molar-refractivity contribution in [2.45, 2.75) is 54.6 Å². The molecular formula is C24H30N5O5-. The second-order valence-corrected chi connectivity index (χ2v) is 9.76. The Morgan fingerprint density at radius 1 is 0.794 bits per heavy atom. The summed E-state index contributed by atoms with van der Waals surface area (Å²) < 4.78 is 1.99. The molecule has 2 heterocycles. The Morgan fingerprint density at radius 3 is 1.97 bits per heavy atom. The van der Waals surface area contributed by atoms with Gasteiger partial charge in [-0.25, -0.2) is 4.79 Å². The molecule has 1 aromatic heterocycles. The zero-order valence-electron chi connectivity index (χ0n) is 20.4. The third kappa shape index (κ3) is 4.71. The fourth-order valence-corrected chi connectivity index (χ4v) is 3.84. The Kier molecular flexibility index (Phi) is 7.18. The number of hydrogen-bond acceptors (Lipinski definition) is 7. The van der Waals surface area contributed by atoms with Crippen LogP contribution in [0.25, 0.3) is 0 Å². The monoisotopic (exact) mass is 468 g/mol. The summed E-state index contributed by atoms with van der Waals surface area (Å²) in [5, 5.41) is 20.9. The van der Waals surface area contributed by atoms with Crippen molar-refractivity contribution in [3.63, 3.8) is 0 Å². The molecule has 0 N–H and O–H groups in total. The van der Waals surface area contributed by atoms with E-state index in [9.17, 15) is 24.3 Å². The Hall–Kier alpha value is -3.56. The summed E-state index contributed by atoms with van der Waals surface area (Å²) in [6.07, 6.45) is 0. The third-order valence-corrected chi connectivity index (χ3v) is 5.24. The van der Waals surface area contributed by atoms with E-state index in [-0.39, 0.29) is 54.2 Å². The molecule has 0 unspecified atom stereocenters. The van der Waals surface area contributed by atoms with Crippen LogP contribution in [0.4, 0.5) is 11.4 Å². The number of imide groups is 1. The summed E-state index contributed by atoms with van der Waals surface area (Å²) >= 11 is 0. The van der Waals surface area contributed by atoms with Crippen LogP contribution in [0.15, 0.2) is 38.0 Å². The molecule has 3 rings (SSSR count). The summed E-state index contributed by atoms with van der Waals surface area (Å²) in [5.74, 6) is -1.70. The molecular weight excluding hydrogens is 438 g/mol. The molecule has 0 saturated carbocycles. The summed E-state index contributed by atoms with van der Waals surface area (Å²) in [7, 11) is 0. The predicted molar refractivity (Wildman–Crippen MR) is 125 cm³/mol. The molecule has 2 aromatic rings. The molecule has 0 aliphatic carbocycles. The molecule has 182 valence electrons. The van der Waals surface area contributed by atoms with Crippen molar-refractivity contribution in [1.29, 1.82) is 0 Å². The number of fused-ring (bicyclic) bond motifs is 1. The molecule has 0 radical (unpaired) electrons. The SMILES string of the molecule is CC(C)CN1C(=O)c2cccc(N=Nc3c([O-])n(CC(C)C)c(=O)n(CC(C)C)c3=O)c2C1=O. The molecule has 0 fully saturated rings.